The van der Waals surface area contributed by atoms with Gasteiger partial charge in [0.05, 0.1) is 22.1 Å². The lowest BCUT2D eigenvalue weighted by Gasteiger charge is -2.31. The summed E-state index contributed by atoms with van der Waals surface area (Å²) in [7, 11) is -3.49. The van der Waals surface area contributed by atoms with Gasteiger partial charge in [-0.05, 0) is 57.6 Å². The van der Waals surface area contributed by atoms with Crippen LogP contribution in [0.15, 0.2) is 22.4 Å². The number of hydrogen-bond acceptors (Lipinski definition) is 5. The van der Waals surface area contributed by atoms with Gasteiger partial charge in [0.1, 0.15) is 0 Å². The molecule has 0 radical (unpaired) electrons. The second-order valence-corrected chi connectivity index (χ2v) is 11.3. The second-order valence-electron chi connectivity index (χ2n) is 8.58. The van der Waals surface area contributed by atoms with E-state index in [-0.39, 0.29) is 17.7 Å². The van der Waals surface area contributed by atoms with E-state index in [1.54, 1.807) is 15.6 Å². The van der Waals surface area contributed by atoms with E-state index in [4.69, 9.17) is 4.98 Å². The van der Waals surface area contributed by atoms with Crippen LogP contribution in [0.2, 0.25) is 0 Å². The largest absolute Gasteiger partial charge is 0.350 e. The van der Waals surface area contributed by atoms with Gasteiger partial charge in [-0.15, -0.1) is 11.3 Å². The molecule has 2 aromatic rings. The first kappa shape index (κ1) is 21.5. The normalized spacial score (nSPS) is 18.5. The minimum atomic E-state index is -3.49. The number of aromatic nitrogens is 1. The topological polar surface area (TPSA) is 79.4 Å². The molecule has 0 spiro atoms. The SMILES string of the molecule is Cc1cc(C)c(S(=O)(=O)N2CCC(c3nc(CNC(=O)C4CC4)cs3)CC2)c(C)c1. The minimum absolute atomic E-state index is 0.129. The highest BCUT2D eigenvalue weighted by Crippen LogP contribution is 2.34. The minimum Gasteiger partial charge on any atom is -0.350 e. The fourth-order valence-corrected chi connectivity index (χ4v) is 7.18. The van der Waals surface area contributed by atoms with Crippen molar-refractivity contribution in [2.75, 3.05) is 13.1 Å². The van der Waals surface area contributed by atoms with Gasteiger partial charge in [-0.25, -0.2) is 13.4 Å². The van der Waals surface area contributed by atoms with Gasteiger partial charge in [-0.1, -0.05) is 17.7 Å². The molecule has 2 aliphatic rings. The maximum absolute atomic E-state index is 13.3. The molecule has 30 heavy (non-hydrogen) atoms. The Morgan fingerprint density at radius 3 is 2.37 bits per heavy atom. The summed E-state index contributed by atoms with van der Waals surface area (Å²) in [5.41, 5.74) is 3.60. The molecular weight excluding hydrogens is 418 g/mol. The fraction of sp³-hybridized carbons (Fsp3) is 0.545. The zero-order valence-electron chi connectivity index (χ0n) is 17.8. The highest BCUT2D eigenvalue weighted by molar-refractivity contribution is 7.89. The first-order chi connectivity index (χ1) is 14.3. The second kappa shape index (κ2) is 8.40. The van der Waals surface area contributed by atoms with Crippen molar-refractivity contribution in [3.8, 4) is 0 Å². The number of amides is 1. The van der Waals surface area contributed by atoms with Crippen molar-refractivity contribution >= 4 is 27.3 Å². The lowest BCUT2D eigenvalue weighted by Crippen LogP contribution is -2.38. The molecule has 0 unspecified atom stereocenters. The molecule has 1 N–H and O–H groups in total. The molecule has 1 aromatic carbocycles. The summed E-state index contributed by atoms with van der Waals surface area (Å²) in [5.74, 6) is 0.606. The monoisotopic (exact) mass is 447 g/mol. The summed E-state index contributed by atoms with van der Waals surface area (Å²) in [6.07, 6.45) is 3.53. The van der Waals surface area contributed by atoms with Gasteiger partial charge < -0.3 is 5.32 Å². The Labute approximate surface area is 182 Å². The van der Waals surface area contributed by atoms with E-state index < -0.39 is 10.0 Å². The Bertz CT molecular complexity index is 1030. The highest BCUT2D eigenvalue weighted by atomic mass is 32.2. The van der Waals surface area contributed by atoms with Crippen molar-refractivity contribution in [2.45, 2.75) is 63.8 Å². The van der Waals surface area contributed by atoms with Gasteiger partial charge >= 0.3 is 0 Å². The third kappa shape index (κ3) is 4.45. The number of carbonyl (C=O) groups is 1. The van der Waals surface area contributed by atoms with Gasteiger partial charge in [-0.3, -0.25) is 4.79 Å². The standard InChI is InChI=1S/C22H29N3O3S2/c1-14-10-15(2)20(16(3)11-14)30(27,28)25-8-6-18(7-9-25)22-24-19(13-29-22)12-23-21(26)17-4-5-17/h10-11,13,17-18H,4-9,12H2,1-3H3,(H,23,26). The average Bonchev–Trinajstić information content (AvgIpc) is 3.43. The van der Waals surface area contributed by atoms with E-state index in [1.807, 2.05) is 38.3 Å². The van der Waals surface area contributed by atoms with Crippen LogP contribution in [0, 0.1) is 26.7 Å². The average molecular weight is 448 g/mol. The van der Waals surface area contributed by atoms with E-state index >= 15 is 0 Å². The van der Waals surface area contributed by atoms with E-state index in [9.17, 15) is 13.2 Å². The van der Waals surface area contributed by atoms with Crippen molar-refractivity contribution in [3.63, 3.8) is 0 Å². The van der Waals surface area contributed by atoms with E-state index in [2.05, 4.69) is 5.32 Å². The number of sulfonamides is 1. The highest BCUT2D eigenvalue weighted by Gasteiger charge is 2.33. The number of piperidine rings is 1. The third-order valence-corrected chi connectivity index (χ3v) is 9.23. The quantitative estimate of drug-likeness (QED) is 0.733. The van der Waals surface area contributed by atoms with Crippen LogP contribution in [0.3, 0.4) is 0 Å². The van der Waals surface area contributed by atoms with Crippen LogP contribution in [-0.2, 0) is 21.4 Å². The molecule has 8 heteroatoms. The molecule has 4 rings (SSSR count). The molecule has 2 heterocycles. The Morgan fingerprint density at radius 1 is 1.13 bits per heavy atom. The molecule has 0 atom stereocenters. The van der Waals surface area contributed by atoms with E-state index in [0.29, 0.717) is 24.5 Å². The Morgan fingerprint density at radius 2 is 1.77 bits per heavy atom. The molecule has 1 amide bonds. The van der Waals surface area contributed by atoms with Crippen molar-refractivity contribution in [2.24, 2.45) is 5.92 Å². The van der Waals surface area contributed by atoms with Crippen LogP contribution in [0.1, 0.15) is 59.0 Å². The number of carbonyl (C=O) groups excluding carboxylic acids is 1. The Hall–Kier alpha value is -1.77. The molecule has 1 saturated carbocycles. The van der Waals surface area contributed by atoms with Crippen molar-refractivity contribution in [1.29, 1.82) is 0 Å². The molecule has 1 aliphatic carbocycles. The van der Waals surface area contributed by atoms with Gasteiger partial charge in [0.25, 0.3) is 0 Å². The number of rotatable bonds is 6. The molecule has 1 aliphatic heterocycles. The lowest BCUT2D eigenvalue weighted by atomic mass is 9.99. The first-order valence-electron chi connectivity index (χ1n) is 10.6. The number of thiazole rings is 1. The summed E-state index contributed by atoms with van der Waals surface area (Å²) in [4.78, 5) is 17.0. The summed E-state index contributed by atoms with van der Waals surface area (Å²) in [5, 5.41) is 6.01. The molecule has 1 saturated heterocycles. The van der Waals surface area contributed by atoms with Crippen molar-refractivity contribution < 1.29 is 13.2 Å². The molecule has 1 aromatic heterocycles. The zero-order valence-corrected chi connectivity index (χ0v) is 19.4. The maximum Gasteiger partial charge on any atom is 0.243 e. The number of nitrogens with zero attached hydrogens (tertiary/aromatic N) is 2. The summed E-state index contributed by atoms with van der Waals surface area (Å²) in [6, 6.07) is 3.87. The van der Waals surface area contributed by atoms with E-state index in [0.717, 1.165) is 53.1 Å². The predicted octanol–water partition coefficient (Wildman–Crippen LogP) is 3.66. The first-order valence-corrected chi connectivity index (χ1v) is 12.9. The number of nitrogens with one attached hydrogen (secondary N) is 1. The molecule has 2 fully saturated rings. The smallest absolute Gasteiger partial charge is 0.243 e. The summed E-state index contributed by atoms with van der Waals surface area (Å²) < 4.78 is 28.2. The zero-order chi connectivity index (χ0) is 21.5. The number of hydrogen-bond donors (Lipinski definition) is 1. The van der Waals surface area contributed by atoms with Crippen LogP contribution in [0.5, 0.6) is 0 Å². The van der Waals surface area contributed by atoms with Gasteiger partial charge in [0.15, 0.2) is 0 Å². The van der Waals surface area contributed by atoms with Crippen molar-refractivity contribution in [1.82, 2.24) is 14.6 Å². The third-order valence-electron chi connectivity index (χ3n) is 5.97. The van der Waals surface area contributed by atoms with Crippen LogP contribution >= 0.6 is 11.3 Å². The molecule has 162 valence electrons. The number of aryl methyl sites for hydroxylation is 3. The van der Waals surface area contributed by atoms with Crippen LogP contribution in [0.25, 0.3) is 0 Å². The van der Waals surface area contributed by atoms with Gasteiger partial charge in [0, 0.05) is 30.3 Å². The predicted molar refractivity (Wildman–Crippen MR) is 118 cm³/mol. The van der Waals surface area contributed by atoms with Crippen LogP contribution < -0.4 is 5.32 Å². The molecule has 0 bridgehead atoms. The molecule has 6 nitrogen and oxygen atoms in total. The molecular formula is C22H29N3O3S2. The van der Waals surface area contributed by atoms with Gasteiger partial charge in [-0.2, -0.15) is 4.31 Å². The van der Waals surface area contributed by atoms with Crippen LogP contribution in [-0.4, -0.2) is 36.7 Å². The summed E-state index contributed by atoms with van der Waals surface area (Å²) in [6.45, 7) is 7.23. The van der Waals surface area contributed by atoms with Crippen molar-refractivity contribution in [3.05, 3.63) is 44.9 Å². The Kier molecular flexibility index (Phi) is 6.01. The summed E-state index contributed by atoms with van der Waals surface area (Å²) >= 11 is 1.61. The van der Waals surface area contributed by atoms with E-state index in [1.165, 1.54) is 0 Å². The van der Waals surface area contributed by atoms with Gasteiger partial charge in [0.2, 0.25) is 15.9 Å². The lowest BCUT2D eigenvalue weighted by molar-refractivity contribution is -0.122. The van der Waals surface area contributed by atoms with Crippen LogP contribution in [0.4, 0.5) is 0 Å². The fourth-order valence-electron chi connectivity index (χ4n) is 4.30. The maximum atomic E-state index is 13.3. The Balaban J connectivity index is 1.38. The number of benzene rings is 1.